The third-order valence-electron chi connectivity index (χ3n) is 4.33. The monoisotopic (exact) mass is 355 g/mol. The van der Waals surface area contributed by atoms with Gasteiger partial charge in [0.05, 0.1) is 13.2 Å². The molecule has 1 amide bonds. The molecule has 3 rings (SSSR count). The maximum Gasteiger partial charge on any atom is 0.260 e. The molecule has 138 valence electrons. The molecule has 1 heterocycles. The van der Waals surface area contributed by atoms with Crippen LogP contribution in [0.3, 0.4) is 0 Å². The zero-order valence-corrected chi connectivity index (χ0v) is 15.3. The summed E-state index contributed by atoms with van der Waals surface area (Å²) in [6.45, 7) is 6.12. The summed E-state index contributed by atoms with van der Waals surface area (Å²) in [7, 11) is 0. The second-order valence-corrected chi connectivity index (χ2v) is 6.56. The van der Waals surface area contributed by atoms with Gasteiger partial charge in [-0.2, -0.15) is 0 Å². The van der Waals surface area contributed by atoms with E-state index in [0.717, 1.165) is 11.3 Å². The first-order valence-electron chi connectivity index (χ1n) is 8.88. The molecule has 5 nitrogen and oxygen atoms in total. The Bertz CT molecular complexity index is 712. The molecule has 0 aromatic heterocycles. The first kappa shape index (κ1) is 18.3. The Labute approximate surface area is 154 Å². The van der Waals surface area contributed by atoms with E-state index in [1.165, 1.54) is 5.56 Å². The fourth-order valence-electron chi connectivity index (χ4n) is 2.74. The van der Waals surface area contributed by atoms with E-state index in [4.69, 9.17) is 14.2 Å². The number of benzene rings is 2. The summed E-state index contributed by atoms with van der Waals surface area (Å²) in [5.74, 6) is 1.48. The standard InChI is InChI=1S/C21H25NO4/c1-16-3-7-18(8-4-16)25-14-20-13-22(11-12-24-20)21(23)15-26-19-9-5-17(2)6-10-19/h3-10,20H,11-15H2,1-2H3. The lowest BCUT2D eigenvalue weighted by Crippen LogP contribution is -2.49. The fourth-order valence-corrected chi connectivity index (χ4v) is 2.74. The Balaban J connectivity index is 1.45. The summed E-state index contributed by atoms with van der Waals surface area (Å²) in [6.07, 6.45) is -0.131. The number of carbonyl (C=O) groups excluding carboxylic acids is 1. The smallest absolute Gasteiger partial charge is 0.260 e. The van der Waals surface area contributed by atoms with Gasteiger partial charge in [0.2, 0.25) is 0 Å². The van der Waals surface area contributed by atoms with E-state index in [2.05, 4.69) is 0 Å². The molecule has 2 aromatic rings. The number of rotatable bonds is 6. The van der Waals surface area contributed by atoms with Crippen molar-refractivity contribution in [3.05, 3.63) is 59.7 Å². The number of morpholine rings is 1. The minimum Gasteiger partial charge on any atom is -0.491 e. The van der Waals surface area contributed by atoms with Crippen LogP contribution < -0.4 is 9.47 Å². The molecule has 0 spiro atoms. The molecule has 1 aliphatic rings. The van der Waals surface area contributed by atoms with Crippen LogP contribution in [0.2, 0.25) is 0 Å². The third-order valence-corrected chi connectivity index (χ3v) is 4.33. The number of hydrogen-bond donors (Lipinski definition) is 0. The van der Waals surface area contributed by atoms with Crippen molar-refractivity contribution >= 4 is 5.91 Å². The van der Waals surface area contributed by atoms with Gasteiger partial charge in [0.1, 0.15) is 24.2 Å². The number of carbonyl (C=O) groups is 1. The van der Waals surface area contributed by atoms with Gasteiger partial charge in [-0.25, -0.2) is 0 Å². The van der Waals surface area contributed by atoms with Crippen molar-refractivity contribution in [2.75, 3.05) is 32.9 Å². The largest absolute Gasteiger partial charge is 0.491 e. The van der Waals surface area contributed by atoms with Gasteiger partial charge in [-0.3, -0.25) is 4.79 Å². The Hall–Kier alpha value is -2.53. The summed E-state index contributed by atoms with van der Waals surface area (Å²) in [4.78, 5) is 14.2. The van der Waals surface area contributed by atoms with Crippen molar-refractivity contribution in [3.63, 3.8) is 0 Å². The molecular weight excluding hydrogens is 330 g/mol. The molecule has 0 radical (unpaired) electrons. The summed E-state index contributed by atoms with van der Waals surface area (Å²) in [5.41, 5.74) is 2.35. The summed E-state index contributed by atoms with van der Waals surface area (Å²) >= 11 is 0. The molecule has 0 aliphatic carbocycles. The average Bonchev–Trinajstić information content (AvgIpc) is 2.67. The number of amides is 1. The van der Waals surface area contributed by atoms with Gasteiger partial charge in [-0.1, -0.05) is 35.4 Å². The molecule has 1 fully saturated rings. The lowest BCUT2D eigenvalue weighted by molar-refractivity contribution is -0.142. The van der Waals surface area contributed by atoms with Crippen molar-refractivity contribution in [3.8, 4) is 11.5 Å². The molecular formula is C21H25NO4. The zero-order valence-electron chi connectivity index (χ0n) is 15.3. The highest BCUT2D eigenvalue weighted by Crippen LogP contribution is 2.15. The molecule has 26 heavy (non-hydrogen) atoms. The van der Waals surface area contributed by atoms with Crippen molar-refractivity contribution in [1.82, 2.24) is 4.90 Å². The number of hydrogen-bond acceptors (Lipinski definition) is 4. The van der Waals surface area contributed by atoms with Gasteiger partial charge in [0.25, 0.3) is 5.91 Å². The van der Waals surface area contributed by atoms with E-state index in [0.29, 0.717) is 32.1 Å². The van der Waals surface area contributed by atoms with Crippen LogP contribution in [0.25, 0.3) is 0 Å². The second kappa shape index (κ2) is 8.72. The first-order valence-corrected chi connectivity index (χ1v) is 8.88. The lowest BCUT2D eigenvalue weighted by atomic mass is 10.2. The van der Waals surface area contributed by atoms with Crippen LogP contribution in [0.4, 0.5) is 0 Å². The predicted octanol–water partition coefficient (Wildman–Crippen LogP) is 2.99. The molecule has 1 aliphatic heterocycles. The molecule has 0 N–H and O–H groups in total. The molecule has 5 heteroatoms. The first-order chi connectivity index (χ1) is 12.6. The average molecular weight is 355 g/mol. The summed E-state index contributed by atoms with van der Waals surface area (Å²) < 4.78 is 17.1. The van der Waals surface area contributed by atoms with Crippen LogP contribution in [-0.4, -0.2) is 49.8 Å². The zero-order chi connectivity index (χ0) is 18.4. The van der Waals surface area contributed by atoms with Crippen LogP contribution in [-0.2, 0) is 9.53 Å². The predicted molar refractivity (Wildman–Crippen MR) is 99.7 cm³/mol. The Kier molecular flexibility index (Phi) is 6.12. The van der Waals surface area contributed by atoms with Crippen LogP contribution in [0.15, 0.2) is 48.5 Å². The highest BCUT2D eigenvalue weighted by atomic mass is 16.5. The number of ether oxygens (including phenoxy) is 3. The van der Waals surface area contributed by atoms with E-state index in [9.17, 15) is 4.79 Å². The van der Waals surface area contributed by atoms with Crippen molar-refractivity contribution in [1.29, 1.82) is 0 Å². The van der Waals surface area contributed by atoms with Crippen molar-refractivity contribution in [2.45, 2.75) is 20.0 Å². The van der Waals surface area contributed by atoms with E-state index in [1.54, 1.807) is 4.90 Å². The Morgan fingerprint density at radius 3 is 2.19 bits per heavy atom. The number of nitrogens with zero attached hydrogens (tertiary/aromatic N) is 1. The lowest BCUT2D eigenvalue weighted by Gasteiger charge is -2.32. The second-order valence-electron chi connectivity index (χ2n) is 6.56. The summed E-state index contributed by atoms with van der Waals surface area (Å²) in [6, 6.07) is 15.6. The van der Waals surface area contributed by atoms with E-state index in [-0.39, 0.29) is 18.6 Å². The fraction of sp³-hybridized carbons (Fsp3) is 0.381. The quantitative estimate of drug-likeness (QED) is 0.799. The van der Waals surface area contributed by atoms with Gasteiger partial charge in [-0.15, -0.1) is 0 Å². The van der Waals surface area contributed by atoms with Gasteiger partial charge in [-0.05, 0) is 38.1 Å². The van der Waals surface area contributed by atoms with Crippen molar-refractivity contribution < 1.29 is 19.0 Å². The van der Waals surface area contributed by atoms with Gasteiger partial charge >= 0.3 is 0 Å². The van der Waals surface area contributed by atoms with Gasteiger partial charge in [0.15, 0.2) is 6.61 Å². The van der Waals surface area contributed by atoms with Crippen LogP contribution in [0.1, 0.15) is 11.1 Å². The molecule has 1 unspecified atom stereocenters. The number of aryl methyl sites for hydroxylation is 2. The van der Waals surface area contributed by atoms with Crippen LogP contribution in [0.5, 0.6) is 11.5 Å². The van der Waals surface area contributed by atoms with E-state index >= 15 is 0 Å². The maximum atomic E-state index is 12.4. The minimum absolute atomic E-state index is 0.0331. The highest BCUT2D eigenvalue weighted by molar-refractivity contribution is 5.77. The molecule has 0 bridgehead atoms. The topological polar surface area (TPSA) is 48.0 Å². The molecule has 1 atom stereocenters. The molecule has 0 saturated carbocycles. The maximum absolute atomic E-state index is 12.4. The SMILES string of the molecule is Cc1ccc(OCC(=O)N2CCOC(COc3ccc(C)cc3)C2)cc1. The van der Waals surface area contributed by atoms with Crippen molar-refractivity contribution in [2.24, 2.45) is 0 Å². The molecule has 1 saturated heterocycles. The minimum atomic E-state index is -0.131. The van der Waals surface area contributed by atoms with Crippen LogP contribution in [0, 0.1) is 13.8 Å². The van der Waals surface area contributed by atoms with E-state index < -0.39 is 0 Å². The third kappa shape index (κ3) is 5.23. The van der Waals surface area contributed by atoms with Gasteiger partial charge < -0.3 is 19.1 Å². The summed E-state index contributed by atoms with van der Waals surface area (Å²) in [5, 5.41) is 0. The normalized spacial score (nSPS) is 17.0. The Morgan fingerprint density at radius 1 is 1.00 bits per heavy atom. The van der Waals surface area contributed by atoms with Crippen LogP contribution >= 0.6 is 0 Å². The Morgan fingerprint density at radius 2 is 1.58 bits per heavy atom. The van der Waals surface area contributed by atoms with Gasteiger partial charge in [0, 0.05) is 6.54 Å². The highest BCUT2D eigenvalue weighted by Gasteiger charge is 2.25. The van der Waals surface area contributed by atoms with E-state index in [1.807, 2.05) is 62.4 Å². The molecule has 2 aromatic carbocycles.